The summed E-state index contributed by atoms with van der Waals surface area (Å²) in [6, 6.07) is 0. The van der Waals surface area contributed by atoms with E-state index in [0.29, 0.717) is 0 Å². The maximum Gasteiger partial charge on any atom is 0 e. The van der Waals surface area contributed by atoms with Crippen LogP contribution in [-0.2, 0) is 47.9 Å². The Labute approximate surface area is 121 Å². The van der Waals surface area contributed by atoms with E-state index in [1.165, 1.54) is 0 Å². The van der Waals surface area contributed by atoms with Crippen LogP contribution in [0, 0.1) is 0 Å². The topological polar surface area (TPSA) is 126 Å². The Morgan fingerprint density at radius 3 is 0.750 bits per heavy atom. The molecule has 0 saturated heterocycles. The molecule has 0 aromatic rings. The summed E-state index contributed by atoms with van der Waals surface area (Å²) in [6.45, 7) is 0. The van der Waals surface area contributed by atoms with Crippen molar-refractivity contribution in [2.75, 3.05) is 0 Å². The molecule has 8 heteroatoms. The van der Waals surface area contributed by atoms with Crippen LogP contribution in [0.4, 0.5) is 0 Å². The summed E-state index contributed by atoms with van der Waals surface area (Å²) in [7, 11) is 0. The van der Waals surface area contributed by atoms with Gasteiger partial charge in [-0.15, -0.1) is 0 Å². The van der Waals surface area contributed by atoms with Gasteiger partial charge in [-0.05, 0) is 0 Å². The fourth-order valence-corrected chi connectivity index (χ4v) is 0. The van der Waals surface area contributed by atoms with Crippen LogP contribution in [0.3, 0.4) is 0 Å². The van der Waals surface area contributed by atoms with Crippen molar-refractivity contribution < 1.29 is 72.7 Å². The molecule has 4 nitrogen and oxygen atoms in total. The Balaban J connectivity index is 0. The van der Waals surface area contributed by atoms with Crippen LogP contribution < -0.4 is 0 Å². The molecule has 0 aliphatic heterocycles. The van der Waals surface area contributed by atoms with Gasteiger partial charge in [-0.1, -0.05) is 0 Å². The molecule has 0 aromatic carbocycles. The molecule has 0 heterocycles. The Kier molecular flexibility index (Phi) is 1260. The van der Waals surface area contributed by atoms with Gasteiger partial charge in [0.05, 0.1) is 0 Å². The molecule has 0 spiro atoms. The van der Waals surface area contributed by atoms with E-state index in [2.05, 4.69) is 0 Å². The fraction of sp³-hybridized carbons (Fsp3) is 0. The normalized spacial score (nSPS) is 0. The summed E-state index contributed by atoms with van der Waals surface area (Å²) in [5.41, 5.74) is 0. The average Bonchev–Trinajstić information content (AvgIpc) is 0. The first-order valence-corrected chi connectivity index (χ1v) is 0. The Bertz CT molecular complexity index is 23.2. The first kappa shape index (κ1) is 117. The molecular weight excluding hydrogens is 435 g/mol. The molecule has 0 amide bonds. The van der Waals surface area contributed by atoms with Gasteiger partial charge >= 0.3 is 50.4 Å². The van der Waals surface area contributed by atoms with Crippen molar-refractivity contribution in [2.24, 2.45) is 0 Å². The van der Waals surface area contributed by atoms with Crippen molar-refractivity contribution in [3.8, 4) is 0 Å². The smallest absolute Gasteiger partial charge is 0 e. The zero-order valence-corrected chi connectivity index (χ0v) is 15.3. The first-order chi connectivity index (χ1) is 0. The molecule has 0 fully saturated rings. The van der Waals surface area contributed by atoms with Crippen LogP contribution in [-0.4, -0.2) is 72.3 Å². The first-order valence-electron chi connectivity index (χ1n) is 0. The standard InChI is InChI=1S/Mg.4H2O.Pb.Ti.Zr.4H/h;4*1H2;;;;;;;/q+2;;;;;;;;;;2*-1. The van der Waals surface area contributed by atoms with Gasteiger partial charge in [0.1, 0.15) is 0 Å². The van der Waals surface area contributed by atoms with Crippen molar-refractivity contribution >= 4 is 50.4 Å². The van der Waals surface area contributed by atoms with Gasteiger partial charge in [-0.3, -0.25) is 0 Å². The minimum Gasteiger partial charge on any atom is 0 e. The third-order valence-electron chi connectivity index (χ3n) is 0. The maximum absolute atomic E-state index is 0. The summed E-state index contributed by atoms with van der Waals surface area (Å²) in [5, 5.41) is 0. The second-order valence-corrected chi connectivity index (χ2v) is 0. The predicted molar refractivity (Wildman–Crippen MR) is 31.0 cm³/mol. The summed E-state index contributed by atoms with van der Waals surface area (Å²) in [6.07, 6.45) is 0. The second-order valence-electron chi connectivity index (χ2n) is 0. The van der Waals surface area contributed by atoms with Crippen molar-refractivity contribution in [3.63, 3.8) is 0 Å². The van der Waals surface area contributed by atoms with Crippen LogP contribution >= 0.6 is 0 Å². The Morgan fingerprint density at radius 2 is 0.750 bits per heavy atom. The number of hydrogen-bond donors (Lipinski definition) is 0. The monoisotopic (exact) mass is 446 g/mol. The van der Waals surface area contributed by atoms with Gasteiger partial charge in [0, 0.05) is 47.9 Å². The largest absolute Gasteiger partial charge is 0 e. The fourth-order valence-electron chi connectivity index (χ4n) is 0. The average molecular weight is 447 g/mol. The van der Waals surface area contributed by atoms with Crippen LogP contribution in [0.2, 0.25) is 0 Å². The SMILES string of the molecule is O.O.O.O.[H-].[H-].[Mg+2].[PbH2].[Ti].[Zr]. The molecule has 8 N–H and O–H groups in total. The maximum atomic E-state index is 0. The molecule has 0 atom stereocenters. The molecule has 50 valence electrons. The number of rotatable bonds is 0. The van der Waals surface area contributed by atoms with E-state index < -0.39 is 0 Å². The van der Waals surface area contributed by atoms with Gasteiger partial charge < -0.3 is 24.8 Å². The van der Waals surface area contributed by atoms with Crippen LogP contribution in [0.25, 0.3) is 0 Å². The summed E-state index contributed by atoms with van der Waals surface area (Å²) in [4.78, 5) is 0. The molecule has 0 aliphatic rings. The van der Waals surface area contributed by atoms with Crippen molar-refractivity contribution in [3.05, 3.63) is 0 Å². The zero-order valence-electron chi connectivity index (χ0n) is 6.41. The van der Waals surface area contributed by atoms with Crippen molar-refractivity contribution in [2.45, 2.75) is 0 Å². The van der Waals surface area contributed by atoms with Gasteiger partial charge in [0.2, 0.25) is 0 Å². The quantitative estimate of drug-likeness (QED) is 0.333. The van der Waals surface area contributed by atoms with E-state index in [1.54, 1.807) is 0 Å². The zero-order chi connectivity index (χ0) is 0. The van der Waals surface area contributed by atoms with Gasteiger partial charge in [-0.25, -0.2) is 0 Å². The minimum absolute atomic E-state index is 0. The third-order valence-corrected chi connectivity index (χ3v) is 0. The summed E-state index contributed by atoms with van der Waals surface area (Å²) in [5.74, 6) is 0. The van der Waals surface area contributed by atoms with Gasteiger partial charge in [0.15, 0.2) is 0 Å². The molecule has 0 unspecified atom stereocenters. The van der Waals surface area contributed by atoms with Crippen LogP contribution in [0.5, 0.6) is 0 Å². The molecule has 0 bridgehead atoms. The molecule has 0 rings (SSSR count). The molecular formula is H12MgO4PbTiZr. The third kappa shape index (κ3) is 61.7. The van der Waals surface area contributed by atoms with Crippen LogP contribution in [0.1, 0.15) is 2.85 Å². The summed E-state index contributed by atoms with van der Waals surface area (Å²) >= 11 is 0. The van der Waals surface area contributed by atoms with E-state index >= 15 is 0 Å². The molecule has 0 saturated carbocycles. The van der Waals surface area contributed by atoms with Crippen LogP contribution in [0.15, 0.2) is 0 Å². The summed E-state index contributed by atoms with van der Waals surface area (Å²) < 4.78 is 0. The molecule has 8 heavy (non-hydrogen) atoms. The predicted octanol–water partition coefficient (Wildman–Crippen LogP) is -4.38. The molecule has 0 aromatic heterocycles. The van der Waals surface area contributed by atoms with Gasteiger partial charge in [0.25, 0.3) is 0 Å². The van der Waals surface area contributed by atoms with E-state index in [1.807, 2.05) is 0 Å². The Morgan fingerprint density at radius 1 is 0.750 bits per heavy atom. The van der Waals surface area contributed by atoms with E-state index in [-0.39, 0.29) is 123 Å². The van der Waals surface area contributed by atoms with Gasteiger partial charge in [-0.2, -0.15) is 0 Å². The Hall–Kier alpha value is 3.13. The van der Waals surface area contributed by atoms with Crippen molar-refractivity contribution in [1.82, 2.24) is 0 Å². The number of hydrogen-bond acceptors (Lipinski definition) is 0. The molecule has 0 aliphatic carbocycles. The van der Waals surface area contributed by atoms with E-state index in [4.69, 9.17) is 0 Å². The van der Waals surface area contributed by atoms with Crippen molar-refractivity contribution in [1.29, 1.82) is 0 Å². The molecule has 2 radical (unpaired) electrons. The second kappa shape index (κ2) is 86.3. The minimum atomic E-state index is 0. The van der Waals surface area contributed by atoms with E-state index in [9.17, 15) is 0 Å². The van der Waals surface area contributed by atoms with E-state index in [0.717, 1.165) is 0 Å².